The van der Waals surface area contributed by atoms with E-state index in [9.17, 15) is 14.4 Å². The number of hydrogen-bond donors (Lipinski definition) is 1. The fraction of sp³-hybridized carbons (Fsp3) is 0.387. The van der Waals surface area contributed by atoms with E-state index in [4.69, 9.17) is 23.7 Å². The summed E-state index contributed by atoms with van der Waals surface area (Å²) < 4.78 is 27.4. The van der Waals surface area contributed by atoms with E-state index in [0.29, 0.717) is 46.2 Å². The Labute approximate surface area is 234 Å². The second-order valence-electron chi connectivity index (χ2n) is 9.50. The molecule has 0 fully saturated rings. The summed E-state index contributed by atoms with van der Waals surface area (Å²) >= 11 is 0. The number of ether oxygens (including phenoxy) is 5. The summed E-state index contributed by atoms with van der Waals surface area (Å²) in [5.74, 6) is -2.52. The van der Waals surface area contributed by atoms with E-state index < -0.39 is 35.5 Å². The van der Waals surface area contributed by atoms with Gasteiger partial charge in [-0.05, 0) is 63.1 Å². The van der Waals surface area contributed by atoms with Gasteiger partial charge in [0, 0.05) is 28.4 Å². The van der Waals surface area contributed by atoms with Crippen LogP contribution in [0, 0.1) is 5.92 Å². The average Bonchev–Trinajstić information content (AvgIpc) is 2.96. The first kappa shape index (κ1) is 28.7. The number of carbonyl (C=O) groups is 3. The lowest BCUT2D eigenvalue weighted by atomic mass is 9.67. The molecule has 0 amide bonds. The van der Waals surface area contributed by atoms with Gasteiger partial charge in [-0.25, -0.2) is 4.79 Å². The lowest BCUT2D eigenvalue weighted by Crippen LogP contribution is -2.43. The molecule has 9 nitrogen and oxygen atoms in total. The molecular weight excluding hydrogens is 514 g/mol. The molecule has 1 aliphatic carbocycles. The SMILES string of the molecule is CCOC(=O)C1=C(C)NC2=C(C(=O)[C@@H](C(=O)OCC)[C@@H](c3cccc(OC)c3)C2)[C@@H]1c1cc(OC)ccc1OC. The minimum Gasteiger partial charge on any atom is -0.497 e. The summed E-state index contributed by atoms with van der Waals surface area (Å²) in [6.07, 6.45) is 0.327. The normalized spacial score (nSPS) is 20.4. The van der Waals surface area contributed by atoms with Crippen LogP contribution in [0.25, 0.3) is 0 Å². The van der Waals surface area contributed by atoms with Gasteiger partial charge in [-0.2, -0.15) is 0 Å². The van der Waals surface area contributed by atoms with Crippen LogP contribution >= 0.6 is 0 Å². The summed E-state index contributed by atoms with van der Waals surface area (Å²) in [4.78, 5) is 41.3. The first-order chi connectivity index (χ1) is 19.3. The Balaban J connectivity index is 1.96. The first-order valence-corrected chi connectivity index (χ1v) is 13.2. The number of benzene rings is 2. The number of allylic oxidation sites excluding steroid dienone is 3. The summed E-state index contributed by atoms with van der Waals surface area (Å²) in [5.41, 5.74) is 3.07. The van der Waals surface area contributed by atoms with Gasteiger partial charge in [-0.15, -0.1) is 0 Å². The number of nitrogens with one attached hydrogen (secondary N) is 1. The molecule has 4 rings (SSSR count). The third-order valence-electron chi connectivity index (χ3n) is 7.32. The van der Waals surface area contributed by atoms with Gasteiger partial charge in [0.1, 0.15) is 23.2 Å². The van der Waals surface area contributed by atoms with Gasteiger partial charge in [0.05, 0.1) is 46.0 Å². The predicted octanol–water partition coefficient (Wildman–Crippen LogP) is 4.43. The van der Waals surface area contributed by atoms with E-state index in [0.717, 1.165) is 5.56 Å². The fourth-order valence-electron chi connectivity index (χ4n) is 5.58. The maximum absolute atomic E-state index is 14.5. The Kier molecular flexibility index (Phi) is 8.82. The molecule has 0 bridgehead atoms. The van der Waals surface area contributed by atoms with E-state index in [-0.39, 0.29) is 18.8 Å². The molecule has 0 unspecified atom stereocenters. The van der Waals surface area contributed by atoms with Crippen LogP contribution in [0.1, 0.15) is 50.2 Å². The number of methoxy groups -OCH3 is 3. The van der Waals surface area contributed by atoms with Crippen molar-refractivity contribution in [2.24, 2.45) is 5.92 Å². The number of carbonyl (C=O) groups excluding carboxylic acids is 3. The molecule has 9 heteroatoms. The minimum absolute atomic E-state index is 0.123. The van der Waals surface area contributed by atoms with Crippen LogP contribution in [-0.2, 0) is 23.9 Å². The summed E-state index contributed by atoms with van der Waals surface area (Å²) in [7, 11) is 4.62. The molecule has 0 saturated carbocycles. The third kappa shape index (κ3) is 5.28. The zero-order valence-electron chi connectivity index (χ0n) is 23.7. The monoisotopic (exact) mass is 549 g/mol. The number of Topliss-reactive ketones (excluding diaryl/α,β-unsaturated/α-hetero) is 1. The van der Waals surface area contributed by atoms with E-state index in [2.05, 4.69) is 5.32 Å². The van der Waals surface area contributed by atoms with Gasteiger partial charge in [-0.1, -0.05) is 12.1 Å². The molecule has 3 atom stereocenters. The van der Waals surface area contributed by atoms with Crippen molar-refractivity contribution < 1.29 is 38.1 Å². The molecular formula is C31H35NO8. The molecule has 1 heterocycles. The first-order valence-electron chi connectivity index (χ1n) is 13.2. The smallest absolute Gasteiger partial charge is 0.336 e. The van der Waals surface area contributed by atoms with Crippen molar-refractivity contribution in [1.29, 1.82) is 0 Å². The van der Waals surface area contributed by atoms with E-state index in [1.807, 2.05) is 18.2 Å². The Bertz CT molecular complexity index is 1380. The Morgan fingerprint density at radius 3 is 2.27 bits per heavy atom. The van der Waals surface area contributed by atoms with Gasteiger partial charge in [0.15, 0.2) is 5.78 Å². The number of ketones is 1. The Morgan fingerprint density at radius 1 is 0.925 bits per heavy atom. The van der Waals surface area contributed by atoms with Gasteiger partial charge in [0.25, 0.3) is 0 Å². The van der Waals surface area contributed by atoms with Crippen molar-refractivity contribution in [2.45, 2.75) is 39.0 Å². The molecule has 2 aliphatic rings. The Morgan fingerprint density at radius 2 is 1.62 bits per heavy atom. The molecule has 2 aromatic carbocycles. The van der Waals surface area contributed by atoms with Crippen LogP contribution in [0.15, 0.2) is 65.0 Å². The number of dihydropyridines is 1. The van der Waals surface area contributed by atoms with Crippen molar-refractivity contribution in [3.63, 3.8) is 0 Å². The highest BCUT2D eigenvalue weighted by Gasteiger charge is 2.49. The van der Waals surface area contributed by atoms with Crippen LogP contribution in [0.2, 0.25) is 0 Å². The second-order valence-corrected chi connectivity index (χ2v) is 9.50. The standard InChI is InChI=1S/C31H35NO8/c1-7-39-30(34)25-17(3)32-23-16-21(18-10-9-11-19(14-18)36-4)27(31(35)40-8-2)29(33)28(23)26(25)22-15-20(37-5)12-13-24(22)38-6/h9-15,21,26-27,32H,7-8,16H2,1-6H3/t21-,26-,27+/m1/s1. The zero-order chi connectivity index (χ0) is 29.0. The predicted molar refractivity (Wildman–Crippen MR) is 147 cm³/mol. The maximum atomic E-state index is 14.5. The maximum Gasteiger partial charge on any atom is 0.336 e. The summed E-state index contributed by atoms with van der Waals surface area (Å²) in [6, 6.07) is 12.5. The number of rotatable bonds is 9. The van der Waals surface area contributed by atoms with Crippen LogP contribution < -0.4 is 19.5 Å². The average molecular weight is 550 g/mol. The highest BCUT2D eigenvalue weighted by Crippen LogP contribution is 2.50. The fourth-order valence-corrected chi connectivity index (χ4v) is 5.58. The van der Waals surface area contributed by atoms with Crippen molar-refractivity contribution >= 4 is 17.7 Å². The van der Waals surface area contributed by atoms with Crippen molar-refractivity contribution in [3.05, 3.63) is 76.1 Å². The van der Waals surface area contributed by atoms with Gasteiger partial charge < -0.3 is 29.0 Å². The minimum atomic E-state index is -1.13. The van der Waals surface area contributed by atoms with Crippen LogP contribution in [0.4, 0.5) is 0 Å². The van der Waals surface area contributed by atoms with E-state index >= 15 is 0 Å². The van der Waals surface area contributed by atoms with Crippen molar-refractivity contribution in [1.82, 2.24) is 5.32 Å². The molecule has 1 N–H and O–H groups in total. The van der Waals surface area contributed by atoms with Crippen LogP contribution in [0.3, 0.4) is 0 Å². The highest BCUT2D eigenvalue weighted by molar-refractivity contribution is 6.13. The van der Waals surface area contributed by atoms with Gasteiger partial charge in [0.2, 0.25) is 0 Å². The number of esters is 2. The van der Waals surface area contributed by atoms with E-state index in [1.54, 1.807) is 52.1 Å². The van der Waals surface area contributed by atoms with Gasteiger partial charge in [-0.3, -0.25) is 9.59 Å². The topological polar surface area (TPSA) is 109 Å². The molecule has 40 heavy (non-hydrogen) atoms. The molecule has 0 aromatic heterocycles. The molecule has 0 radical (unpaired) electrons. The lowest BCUT2D eigenvalue weighted by molar-refractivity contribution is -0.152. The molecule has 212 valence electrons. The summed E-state index contributed by atoms with van der Waals surface area (Å²) in [5, 5.41) is 3.31. The molecule has 1 aliphatic heterocycles. The quantitative estimate of drug-likeness (QED) is 0.359. The lowest BCUT2D eigenvalue weighted by Gasteiger charge is -2.39. The summed E-state index contributed by atoms with van der Waals surface area (Å²) in [6.45, 7) is 5.47. The second kappa shape index (κ2) is 12.3. The highest BCUT2D eigenvalue weighted by atomic mass is 16.5. The molecule has 0 saturated heterocycles. The van der Waals surface area contributed by atoms with Gasteiger partial charge >= 0.3 is 11.9 Å². The van der Waals surface area contributed by atoms with Crippen molar-refractivity contribution in [3.8, 4) is 17.2 Å². The Hall–Kier alpha value is -4.27. The molecule has 0 spiro atoms. The number of hydrogen-bond acceptors (Lipinski definition) is 9. The van der Waals surface area contributed by atoms with E-state index in [1.165, 1.54) is 14.2 Å². The van der Waals surface area contributed by atoms with Crippen LogP contribution in [0.5, 0.6) is 17.2 Å². The zero-order valence-corrected chi connectivity index (χ0v) is 23.7. The third-order valence-corrected chi connectivity index (χ3v) is 7.32. The molecule has 2 aromatic rings. The van der Waals surface area contributed by atoms with Crippen molar-refractivity contribution in [2.75, 3.05) is 34.5 Å². The van der Waals surface area contributed by atoms with Crippen LogP contribution in [-0.4, -0.2) is 52.3 Å². The largest absolute Gasteiger partial charge is 0.497 e.